The third-order valence-corrected chi connectivity index (χ3v) is 4.61. The lowest BCUT2D eigenvalue weighted by Crippen LogP contribution is -2.21. The highest BCUT2D eigenvalue weighted by atomic mass is 32.2. The molecule has 0 spiro atoms. The molecule has 0 saturated heterocycles. The second kappa shape index (κ2) is 6.78. The van der Waals surface area contributed by atoms with Crippen LogP contribution in [-0.4, -0.2) is 30.7 Å². The largest absolute Gasteiger partial charge is 0.270 e. The predicted octanol–water partition coefficient (Wildman–Crippen LogP) is 2.83. The van der Waals surface area contributed by atoms with Gasteiger partial charge in [-0.1, -0.05) is 36.0 Å². The zero-order valence-corrected chi connectivity index (χ0v) is 13.9. The van der Waals surface area contributed by atoms with Crippen LogP contribution in [0, 0.1) is 0 Å². The van der Waals surface area contributed by atoms with Gasteiger partial charge in [0, 0.05) is 11.3 Å². The maximum absolute atomic E-state index is 12.4. The second-order valence-corrected chi connectivity index (χ2v) is 6.28. The van der Waals surface area contributed by atoms with E-state index in [1.54, 1.807) is 22.8 Å². The Bertz CT molecular complexity index is 994. The zero-order chi connectivity index (χ0) is 17.1. The molecular weight excluding hydrogens is 336 g/mol. The average Bonchev–Trinajstić information content (AvgIpc) is 3.31. The normalized spacial score (nSPS) is 10.9. The van der Waals surface area contributed by atoms with Crippen molar-refractivity contribution >= 4 is 28.7 Å². The first-order valence-electron chi connectivity index (χ1n) is 7.60. The van der Waals surface area contributed by atoms with E-state index in [0.29, 0.717) is 5.56 Å². The van der Waals surface area contributed by atoms with Crippen molar-refractivity contribution in [1.29, 1.82) is 0 Å². The van der Waals surface area contributed by atoms with Crippen LogP contribution in [0.25, 0.3) is 11.0 Å². The smallest absolute Gasteiger partial charge is 0.267 e. The van der Waals surface area contributed by atoms with Crippen molar-refractivity contribution in [2.75, 3.05) is 5.43 Å². The Balaban J connectivity index is 1.43. The molecule has 0 saturated carbocycles. The van der Waals surface area contributed by atoms with E-state index in [2.05, 4.69) is 25.6 Å². The Labute approximate surface area is 147 Å². The fourth-order valence-electron chi connectivity index (χ4n) is 2.39. The van der Waals surface area contributed by atoms with E-state index in [1.807, 2.05) is 48.5 Å². The second-order valence-electron chi connectivity index (χ2n) is 5.32. The van der Waals surface area contributed by atoms with Crippen LogP contribution in [0.1, 0.15) is 15.9 Å². The number of nitrogens with zero attached hydrogens (tertiary/aromatic N) is 4. The van der Waals surface area contributed by atoms with Gasteiger partial charge >= 0.3 is 0 Å². The van der Waals surface area contributed by atoms with E-state index in [-0.39, 0.29) is 5.91 Å². The van der Waals surface area contributed by atoms with E-state index >= 15 is 0 Å². The number of imidazole rings is 1. The van der Waals surface area contributed by atoms with E-state index < -0.39 is 0 Å². The fourth-order valence-corrected chi connectivity index (χ4v) is 3.12. The molecule has 2 aromatic heterocycles. The van der Waals surface area contributed by atoms with E-state index in [9.17, 15) is 4.79 Å². The summed E-state index contributed by atoms with van der Waals surface area (Å²) in [6, 6.07) is 15.1. The number of hydrogen-bond acceptors (Lipinski definition) is 5. The first-order valence-corrected chi connectivity index (χ1v) is 8.59. The number of aromatic amines is 1. The number of fused-ring (bicyclic) bond motifs is 1. The van der Waals surface area contributed by atoms with Gasteiger partial charge in [0.25, 0.3) is 5.91 Å². The molecule has 4 aromatic rings. The van der Waals surface area contributed by atoms with Crippen LogP contribution in [0.3, 0.4) is 0 Å². The van der Waals surface area contributed by atoms with E-state index in [4.69, 9.17) is 0 Å². The van der Waals surface area contributed by atoms with Crippen LogP contribution < -0.4 is 5.43 Å². The summed E-state index contributed by atoms with van der Waals surface area (Å²) in [7, 11) is 0. The van der Waals surface area contributed by atoms with E-state index in [1.165, 1.54) is 6.33 Å². The number of amides is 1. The number of carbonyl (C=O) groups is 1. The summed E-state index contributed by atoms with van der Waals surface area (Å²) in [6.45, 7) is 0. The number of hydrogen-bond donors (Lipinski definition) is 2. The van der Waals surface area contributed by atoms with Crippen molar-refractivity contribution in [3.8, 4) is 0 Å². The number of H-pyrrole nitrogens is 1. The molecule has 0 aliphatic rings. The van der Waals surface area contributed by atoms with Gasteiger partial charge in [0.15, 0.2) is 5.16 Å². The molecule has 2 heterocycles. The summed E-state index contributed by atoms with van der Waals surface area (Å²) < 4.78 is 1.63. The molecule has 0 aliphatic carbocycles. The van der Waals surface area contributed by atoms with Crippen LogP contribution in [-0.2, 0) is 5.75 Å². The van der Waals surface area contributed by atoms with Crippen LogP contribution in [0.15, 0.2) is 66.3 Å². The van der Waals surface area contributed by atoms with Crippen LogP contribution in [0.2, 0.25) is 0 Å². The summed E-state index contributed by atoms with van der Waals surface area (Å²) >= 11 is 1.56. The van der Waals surface area contributed by atoms with Crippen LogP contribution in [0.5, 0.6) is 0 Å². The van der Waals surface area contributed by atoms with Gasteiger partial charge < -0.3 is 0 Å². The summed E-state index contributed by atoms with van der Waals surface area (Å²) in [6.07, 6.45) is 3.08. The minimum absolute atomic E-state index is 0.183. The molecule has 4 rings (SSSR count). The molecule has 0 radical (unpaired) electrons. The summed E-state index contributed by atoms with van der Waals surface area (Å²) in [5.74, 6) is 0.570. The molecule has 0 fully saturated rings. The zero-order valence-electron chi connectivity index (χ0n) is 13.1. The number of nitrogens with one attached hydrogen (secondary N) is 2. The molecule has 0 atom stereocenters. The van der Waals surface area contributed by atoms with Gasteiger partial charge in [0.05, 0.1) is 11.0 Å². The number of benzene rings is 2. The first-order chi connectivity index (χ1) is 12.3. The topological polar surface area (TPSA) is 88.5 Å². The Morgan fingerprint density at radius 3 is 2.76 bits per heavy atom. The lowest BCUT2D eigenvalue weighted by atomic mass is 10.1. The SMILES string of the molecule is O=C(Nn1cnc2ccccc21)c1ccc(CSc2ncn[nH]2)cc1. The quantitative estimate of drug-likeness (QED) is 0.540. The molecule has 1 amide bonds. The molecule has 0 unspecified atom stereocenters. The van der Waals surface area contributed by atoms with Crippen molar-refractivity contribution in [2.24, 2.45) is 0 Å². The lowest BCUT2D eigenvalue weighted by Gasteiger charge is -2.07. The van der Waals surface area contributed by atoms with E-state index in [0.717, 1.165) is 27.5 Å². The van der Waals surface area contributed by atoms with Gasteiger partial charge in [-0.25, -0.2) is 14.6 Å². The third kappa shape index (κ3) is 3.38. The fraction of sp³-hybridized carbons (Fsp3) is 0.0588. The van der Waals surface area contributed by atoms with Gasteiger partial charge in [0.1, 0.15) is 12.7 Å². The maximum Gasteiger partial charge on any atom is 0.270 e. The lowest BCUT2D eigenvalue weighted by molar-refractivity contribution is 0.101. The van der Waals surface area contributed by atoms with Crippen molar-refractivity contribution < 1.29 is 4.79 Å². The summed E-state index contributed by atoms with van der Waals surface area (Å²) in [5.41, 5.74) is 6.23. The van der Waals surface area contributed by atoms with Crippen molar-refractivity contribution in [1.82, 2.24) is 24.8 Å². The van der Waals surface area contributed by atoms with Crippen LogP contribution >= 0.6 is 11.8 Å². The average molecular weight is 350 g/mol. The molecule has 2 N–H and O–H groups in total. The Hall–Kier alpha value is -3.13. The molecule has 7 nitrogen and oxygen atoms in total. The highest BCUT2D eigenvalue weighted by Gasteiger charge is 2.08. The predicted molar refractivity (Wildman–Crippen MR) is 95.8 cm³/mol. The highest BCUT2D eigenvalue weighted by molar-refractivity contribution is 7.98. The number of carbonyl (C=O) groups excluding carboxylic acids is 1. The molecular formula is C17H14N6OS. The number of aromatic nitrogens is 5. The standard InChI is InChI=1S/C17H14N6OS/c24-16(22-23-11-19-14-3-1-2-4-15(14)23)13-7-5-12(6-8-13)9-25-17-18-10-20-21-17/h1-8,10-11H,9H2,(H,22,24)(H,18,20,21). The molecule has 8 heteroatoms. The van der Waals surface area contributed by atoms with Gasteiger partial charge in [0.2, 0.25) is 0 Å². The van der Waals surface area contributed by atoms with Crippen molar-refractivity contribution in [2.45, 2.75) is 10.9 Å². The van der Waals surface area contributed by atoms with Gasteiger partial charge in [-0.3, -0.25) is 15.3 Å². The molecule has 25 heavy (non-hydrogen) atoms. The minimum atomic E-state index is -0.183. The summed E-state index contributed by atoms with van der Waals surface area (Å²) in [5, 5.41) is 7.39. The Morgan fingerprint density at radius 2 is 1.96 bits per heavy atom. The molecule has 124 valence electrons. The highest BCUT2D eigenvalue weighted by Crippen LogP contribution is 2.18. The van der Waals surface area contributed by atoms with Gasteiger partial charge in [-0.15, -0.1) is 0 Å². The first kappa shape index (κ1) is 15.4. The molecule has 0 bridgehead atoms. The Kier molecular flexibility index (Phi) is 4.17. The minimum Gasteiger partial charge on any atom is -0.267 e. The monoisotopic (exact) mass is 350 g/mol. The summed E-state index contributed by atoms with van der Waals surface area (Å²) in [4.78, 5) is 20.8. The van der Waals surface area contributed by atoms with Crippen molar-refractivity contribution in [3.63, 3.8) is 0 Å². The Morgan fingerprint density at radius 1 is 1.12 bits per heavy atom. The number of rotatable bonds is 5. The third-order valence-electron chi connectivity index (χ3n) is 3.66. The maximum atomic E-state index is 12.4. The van der Waals surface area contributed by atoms with Crippen molar-refractivity contribution in [3.05, 3.63) is 72.3 Å². The number of thioether (sulfide) groups is 1. The van der Waals surface area contributed by atoms with Crippen LogP contribution in [0.4, 0.5) is 0 Å². The molecule has 2 aromatic carbocycles. The van der Waals surface area contributed by atoms with Gasteiger partial charge in [-0.05, 0) is 29.8 Å². The van der Waals surface area contributed by atoms with Gasteiger partial charge in [-0.2, -0.15) is 5.10 Å². The molecule has 0 aliphatic heterocycles. The number of para-hydroxylation sites is 2.